The first kappa shape index (κ1) is 13.0. The standard InChI is InChI=1S/C14H13N5O2/c20-19(21)13-4-3-12(11-2-1-6-17-14(11)13)16-7-5-10-8-15-9-18-10/h1-4,6,8-9,16H,5,7H2,(H,15,18). The van der Waals surface area contributed by atoms with Gasteiger partial charge >= 0.3 is 0 Å². The second-order valence-corrected chi connectivity index (χ2v) is 4.54. The molecule has 7 heteroatoms. The van der Waals surface area contributed by atoms with E-state index in [0.717, 1.165) is 23.2 Å². The average Bonchev–Trinajstić information content (AvgIpc) is 3.00. The molecule has 0 amide bonds. The molecule has 21 heavy (non-hydrogen) atoms. The first-order chi connectivity index (χ1) is 10.3. The molecular weight excluding hydrogens is 270 g/mol. The second kappa shape index (κ2) is 5.58. The maximum Gasteiger partial charge on any atom is 0.295 e. The van der Waals surface area contributed by atoms with E-state index in [1.54, 1.807) is 30.9 Å². The summed E-state index contributed by atoms with van der Waals surface area (Å²) in [5.74, 6) is 0. The highest BCUT2D eigenvalue weighted by atomic mass is 16.6. The molecule has 106 valence electrons. The van der Waals surface area contributed by atoms with E-state index in [2.05, 4.69) is 20.3 Å². The van der Waals surface area contributed by atoms with Crippen LogP contribution in [-0.4, -0.2) is 26.4 Å². The smallest absolute Gasteiger partial charge is 0.295 e. The van der Waals surface area contributed by atoms with Crippen molar-refractivity contribution in [2.45, 2.75) is 6.42 Å². The first-order valence-electron chi connectivity index (χ1n) is 6.49. The van der Waals surface area contributed by atoms with Crippen LogP contribution < -0.4 is 5.32 Å². The van der Waals surface area contributed by atoms with E-state index >= 15 is 0 Å². The number of non-ortho nitro benzene ring substituents is 1. The number of benzene rings is 1. The SMILES string of the molecule is O=[N+]([O-])c1ccc(NCCc2cnc[nH]2)c2cccnc12. The van der Waals surface area contributed by atoms with Crippen molar-refractivity contribution in [1.29, 1.82) is 0 Å². The van der Waals surface area contributed by atoms with Crippen molar-refractivity contribution in [3.63, 3.8) is 0 Å². The van der Waals surface area contributed by atoms with Gasteiger partial charge in [0.2, 0.25) is 0 Å². The maximum atomic E-state index is 11.0. The van der Waals surface area contributed by atoms with E-state index in [0.29, 0.717) is 12.1 Å². The van der Waals surface area contributed by atoms with Crippen LogP contribution in [0, 0.1) is 10.1 Å². The minimum Gasteiger partial charge on any atom is -0.384 e. The molecule has 2 aromatic heterocycles. The van der Waals surface area contributed by atoms with E-state index in [1.807, 2.05) is 6.07 Å². The van der Waals surface area contributed by atoms with Crippen LogP contribution in [0.15, 0.2) is 43.0 Å². The second-order valence-electron chi connectivity index (χ2n) is 4.54. The lowest BCUT2D eigenvalue weighted by Gasteiger charge is -2.09. The van der Waals surface area contributed by atoms with Crippen molar-refractivity contribution < 1.29 is 4.92 Å². The Bertz CT molecular complexity index is 770. The molecule has 0 aliphatic carbocycles. The zero-order chi connectivity index (χ0) is 14.7. The number of nitrogens with zero attached hydrogens (tertiary/aromatic N) is 3. The Morgan fingerprint density at radius 3 is 3.00 bits per heavy atom. The minimum atomic E-state index is -0.413. The predicted octanol–water partition coefficient (Wildman–Crippen LogP) is 2.52. The van der Waals surface area contributed by atoms with Crippen molar-refractivity contribution in [3.05, 3.63) is 58.8 Å². The lowest BCUT2D eigenvalue weighted by atomic mass is 10.1. The molecule has 0 saturated heterocycles. The molecule has 0 fully saturated rings. The van der Waals surface area contributed by atoms with Gasteiger partial charge in [0.15, 0.2) is 0 Å². The average molecular weight is 283 g/mol. The zero-order valence-electron chi connectivity index (χ0n) is 11.1. The highest BCUT2D eigenvalue weighted by Crippen LogP contribution is 2.29. The molecule has 2 N–H and O–H groups in total. The van der Waals surface area contributed by atoms with Crippen LogP contribution in [0.25, 0.3) is 10.9 Å². The Balaban J connectivity index is 1.85. The molecule has 0 unspecified atom stereocenters. The topological polar surface area (TPSA) is 96.7 Å². The number of fused-ring (bicyclic) bond motifs is 1. The number of anilines is 1. The van der Waals surface area contributed by atoms with Gasteiger partial charge in [-0.3, -0.25) is 10.1 Å². The Morgan fingerprint density at radius 2 is 2.24 bits per heavy atom. The molecule has 3 rings (SSSR count). The van der Waals surface area contributed by atoms with Gasteiger partial charge in [0.25, 0.3) is 5.69 Å². The summed E-state index contributed by atoms with van der Waals surface area (Å²) in [5, 5.41) is 15.1. The van der Waals surface area contributed by atoms with Crippen LogP contribution in [0.1, 0.15) is 5.69 Å². The van der Waals surface area contributed by atoms with Crippen molar-refractivity contribution in [2.75, 3.05) is 11.9 Å². The number of aromatic nitrogens is 3. The number of pyridine rings is 1. The fourth-order valence-electron chi connectivity index (χ4n) is 2.21. The minimum absolute atomic E-state index is 0.0183. The molecule has 1 aromatic carbocycles. The van der Waals surface area contributed by atoms with Crippen LogP contribution in [0.3, 0.4) is 0 Å². The molecule has 0 radical (unpaired) electrons. The van der Waals surface area contributed by atoms with Crippen LogP contribution in [0.4, 0.5) is 11.4 Å². The maximum absolute atomic E-state index is 11.0. The quantitative estimate of drug-likeness (QED) is 0.554. The summed E-state index contributed by atoms with van der Waals surface area (Å²) in [6.45, 7) is 0.698. The number of aromatic amines is 1. The first-order valence-corrected chi connectivity index (χ1v) is 6.49. The predicted molar refractivity (Wildman–Crippen MR) is 79.2 cm³/mol. The van der Waals surface area contributed by atoms with E-state index in [-0.39, 0.29) is 5.69 Å². The van der Waals surface area contributed by atoms with Gasteiger partial charge in [-0.25, -0.2) is 9.97 Å². The monoisotopic (exact) mass is 283 g/mol. The number of nitro benzene ring substituents is 1. The normalized spacial score (nSPS) is 10.7. The lowest BCUT2D eigenvalue weighted by molar-refractivity contribution is -0.383. The summed E-state index contributed by atoms with van der Waals surface area (Å²) >= 11 is 0. The highest BCUT2D eigenvalue weighted by molar-refractivity contribution is 5.96. The Morgan fingerprint density at radius 1 is 1.33 bits per heavy atom. The molecule has 2 heterocycles. The van der Waals surface area contributed by atoms with Crippen LogP contribution in [-0.2, 0) is 6.42 Å². The zero-order valence-corrected chi connectivity index (χ0v) is 11.1. The summed E-state index contributed by atoms with van der Waals surface area (Å²) in [5.41, 5.74) is 2.29. The molecule has 0 spiro atoms. The highest BCUT2D eigenvalue weighted by Gasteiger charge is 2.14. The molecule has 7 nitrogen and oxygen atoms in total. The largest absolute Gasteiger partial charge is 0.384 e. The van der Waals surface area contributed by atoms with Crippen molar-refractivity contribution in [3.8, 4) is 0 Å². The third-order valence-electron chi connectivity index (χ3n) is 3.21. The third kappa shape index (κ3) is 2.66. The van der Waals surface area contributed by atoms with E-state index in [9.17, 15) is 10.1 Å². The van der Waals surface area contributed by atoms with Crippen molar-refractivity contribution in [2.24, 2.45) is 0 Å². The van der Waals surface area contributed by atoms with Crippen molar-refractivity contribution >= 4 is 22.3 Å². The number of nitro groups is 1. The summed E-state index contributed by atoms with van der Waals surface area (Å²) in [4.78, 5) is 21.7. The molecule has 0 atom stereocenters. The fourth-order valence-corrected chi connectivity index (χ4v) is 2.21. The molecule has 0 aliphatic heterocycles. The van der Waals surface area contributed by atoms with Gasteiger partial charge in [0.1, 0.15) is 5.52 Å². The van der Waals surface area contributed by atoms with Gasteiger partial charge < -0.3 is 10.3 Å². The van der Waals surface area contributed by atoms with Gasteiger partial charge in [-0.05, 0) is 18.2 Å². The van der Waals surface area contributed by atoms with Crippen molar-refractivity contribution in [1.82, 2.24) is 15.0 Å². The summed E-state index contributed by atoms with van der Waals surface area (Å²) in [7, 11) is 0. The number of rotatable bonds is 5. The molecule has 0 aliphatic rings. The summed E-state index contributed by atoms with van der Waals surface area (Å²) < 4.78 is 0. The Kier molecular flexibility index (Phi) is 3.46. The van der Waals surface area contributed by atoms with Gasteiger partial charge in [-0.2, -0.15) is 0 Å². The van der Waals surface area contributed by atoms with Crippen LogP contribution in [0.5, 0.6) is 0 Å². The summed E-state index contributed by atoms with van der Waals surface area (Å²) in [6, 6.07) is 6.79. The van der Waals surface area contributed by atoms with Gasteiger partial charge in [0, 0.05) is 48.2 Å². The molecule has 0 saturated carbocycles. The number of hydrogen-bond donors (Lipinski definition) is 2. The fraction of sp³-hybridized carbons (Fsp3) is 0.143. The van der Waals surface area contributed by atoms with Crippen LogP contribution in [0.2, 0.25) is 0 Å². The van der Waals surface area contributed by atoms with E-state index in [4.69, 9.17) is 0 Å². The molecular formula is C14H13N5O2. The van der Waals surface area contributed by atoms with E-state index < -0.39 is 4.92 Å². The number of nitrogens with one attached hydrogen (secondary N) is 2. The van der Waals surface area contributed by atoms with Crippen LogP contribution >= 0.6 is 0 Å². The summed E-state index contributed by atoms with van der Waals surface area (Å²) in [6.07, 6.45) is 5.76. The van der Waals surface area contributed by atoms with Gasteiger partial charge in [0.05, 0.1) is 11.3 Å². The van der Waals surface area contributed by atoms with Gasteiger partial charge in [-0.15, -0.1) is 0 Å². The number of hydrogen-bond acceptors (Lipinski definition) is 5. The third-order valence-corrected chi connectivity index (χ3v) is 3.21. The van der Waals surface area contributed by atoms with Gasteiger partial charge in [-0.1, -0.05) is 0 Å². The number of H-pyrrole nitrogens is 1. The molecule has 3 aromatic rings. The Hall–Kier alpha value is -2.96. The number of imidazole rings is 1. The lowest BCUT2D eigenvalue weighted by Crippen LogP contribution is -2.06. The Labute approximate surface area is 120 Å². The molecule has 0 bridgehead atoms. The van der Waals surface area contributed by atoms with E-state index in [1.165, 1.54) is 6.07 Å².